The molecule has 1 nitrogen and oxygen atoms in total. The summed E-state index contributed by atoms with van der Waals surface area (Å²) in [6.45, 7) is 4.82. The Bertz CT molecular complexity index is 469. The number of hydrogen-bond donors (Lipinski definition) is 0. The molecule has 0 radical (unpaired) electrons. The second-order valence-corrected chi connectivity index (χ2v) is 6.11. The van der Waals surface area contributed by atoms with Crippen molar-refractivity contribution in [3.8, 4) is 0 Å². The van der Waals surface area contributed by atoms with Crippen molar-refractivity contribution in [3.05, 3.63) is 35.2 Å². The molecular formula is C14H17NS. The van der Waals surface area contributed by atoms with Crippen molar-refractivity contribution in [2.75, 3.05) is 20.1 Å². The quantitative estimate of drug-likeness (QED) is 0.725. The van der Waals surface area contributed by atoms with Gasteiger partial charge in [-0.1, -0.05) is 25.1 Å². The van der Waals surface area contributed by atoms with E-state index < -0.39 is 0 Å². The van der Waals surface area contributed by atoms with Gasteiger partial charge in [-0.25, -0.2) is 0 Å². The number of thiophene rings is 1. The summed E-state index contributed by atoms with van der Waals surface area (Å²) in [7, 11) is 2.23. The summed E-state index contributed by atoms with van der Waals surface area (Å²) < 4.78 is 1.43. The van der Waals surface area contributed by atoms with Crippen molar-refractivity contribution < 1.29 is 0 Å². The summed E-state index contributed by atoms with van der Waals surface area (Å²) in [5, 5.41) is 1.41. The van der Waals surface area contributed by atoms with Crippen molar-refractivity contribution in [2.24, 2.45) is 5.92 Å². The number of rotatable bonds is 1. The molecule has 1 aromatic carbocycles. The standard InChI is InChI=1S/C14H17NS/c1-10-8-15(2)9-12(10)14-7-11-5-3-4-6-13(11)16-14/h3-7,10,12H,8-9H2,1-2H3/t10-,12-/m0/s1. The summed E-state index contributed by atoms with van der Waals surface area (Å²) in [5.41, 5.74) is 0. The van der Waals surface area contributed by atoms with E-state index in [-0.39, 0.29) is 0 Å². The fourth-order valence-corrected chi connectivity index (χ4v) is 4.05. The van der Waals surface area contributed by atoms with Crippen LogP contribution in [-0.4, -0.2) is 25.0 Å². The number of likely N-dealkylation sites (N-methyl/N-ethyl adjacent to an activating group) is 1. The van der Waals surface area contributed by atoms with Crippen LogP contribution in [-0.2, 0) is 0 Å². The van der Waals surface area contributed by atoms with Crippen molar-refractivity contribution >= 4 is 21.4 Å². The van der Waals surface area contributed by atoms with E-state index in [0.717, 1.165) is 11.8 Å². The maximum absolute atomic E-state index is 2.44. The highest BCUT2D eigenvalue weighted by molar-refractivity contribution is 7.19. The van der Waals surface area contributed by atoms with Crippen LogP contribution < -0.4 is 0 Å². The van der Waals surface area contributed by atoms with Gasteiger partial charge in [-0.3, -0.25) is 0 Å². The van der Waals surface area contributed by atoms with Crippen LogP contribution in [0.25, 0.3) is 10.1 Å². The highest BCUT2D eigenvalue weighted by Crippen LogP contribution is 2.38. The molecule has 1 fully saturated rings. The van der Waals surface area contributed by atoms with E-state index in [9.17, 15) is 0 Å². The first-order chi connectivity index (χ1) is 7.74. The van der Waals surface area contributed by atoms with Crippen LogP contribution in [0.4, 0.5) is 0 Å². The number of nitrogens with zero attached hydrogens (tertiary/aromatic N) is 1. The van der Waals surface area contributed by atoms with Crippen molar-refractivity contribution in [3.63, 3.8) is 0 Å². The fourth-order valence-electron chi connectivity index (χ4n) is 2.76. The second kappa shape index (κ2) is 3.86. The summed E-state index contributed by atoms with van der Waals surface area (Å²) in [5.74, 6) is 1.53. The van der Waals surface area contributed by atoms with Gasteiger partial charge in [0, 0.05) is 28.6 Å². The van der Waals surface area contributed by atoms with E-state index in [1.807, 2.05) is 11.3 Å². The van der Waals surface area contributed by atoms with Crippen molar-refractivity contribution in [1.29, 1.82) is 0 Å². The molecule has 0 saturated carbocycles. The van der Waals surface area contributed by atoms with E-state index in [0.29, 0.717) is 0 Å². The summed E-state index contributed by atoms with van der Waals surface area (Å²) in [4.78, 5) is 4.01. The Balaban J connectivity index is 2.00. The molecule has 1 aromatic heterocycles. The van der Waals surface area contributed by atoms with Crippen LogP contribution in [0.2, 0.25) is 0 Å². The normalized spacial score (nSPS) is 26.6. The molecule has 2 aromatic rings. The number of likely N-dealkylation sites (tertiary alicyclic amines) is 1. The molecule has 2 heteroatoms. The third-order valence-corrected chi connectivity index (χ3v) is 4.85. The molecule has 0 unspecified atom stereocenters. The van der Waals surface area contributed by atoms with Gasteiger partial charge in [0.2, 0.25) is 0 Å². The van der Waals surface area contributed by atoms with E-state index >= 15 is 0 Å². The first kappa shape index (κ1) is 10.3. The maximum Gasteiger partial charge on any atom is 0.0345 e. The highest BCUT2D eigenvalue weighted by atomic mass is 32.1. The lowest BCUT2D eigenvalue weighted by atomic mass is 9.96. The first-order valence-electron chi connectivity index (χ1n) is 5.91. The molecule has 3 rings (SSSR count). The number of benzene rings is 1. The predicted molar refractivity (Wildman–Crippen MR) is 71.2 cm³/mol. The van der Waals surface area contributed by atoms with Crippen LogP contribution in [0.3, 0.4) is 0 Å². The smallest absolute Gasteiger partial charge is 0.0345 e. The average molecular weight is 231 g/mol. The monoisotopic (exact) mass is 231 g/mol. The summed E-state index contributed by atoms with van der Waals surface area (Å²) in [6.07, 6.45) is 0. The molecule has 0 amide bonds. The van der Waals surface area contributed by atoms with Crippen LogP contribution in [0.5, 0.6) is 0 Å². The molecule has 84 valence electrons. The molecule has 2 heterocycles. The Hall–Kier alpha value is -0.860. The molecular weight excluding hydrogens is 214 g/mol. The third-order valence-electron chi connectivity index (χ3n) is 3.60. The van der Waals surface area contributed by atoms with E-state index in [4.69, 9.17) is 0 Å². The number of fused-ring (bicyclic) bond motifs is 1. The molecule has 0 bridgehead atoms. The van der Waals surface area contributed by atoms with Gasteiger partial charge in [-0.15, -0.1) is 11.3 Å². The van der Waals surface area contributed by atoms with Crippen LogP contribution >= 0.6 is 11.3 Å². The SMILES string of the molecule is C[C@H]1CN(C)C[C@@H]1c1cc2ccccc2s1. The van der Waals surface area contributed by atoms with Gasteiger partial charge >= 0.3 is 0 Å². The minimum Gasteiger partial charge on any atom is -0.305 e. The lowest BCUT2D eigenvalue weighted by molar-refractivity contribution is 0.401. The van der Waals surface area contributed by atoms with Crippen molar-refractivity contribution in [1.82, 2.24) is 4.90 Å². The zero-order valence-corrected chi connectivity index (χ0v) is 10.6. The summed E-state index contributed by atoms with van der Waals surface area (Å²) in [6, 6.07) is 11.1. The molecule has 0 N–H and O–H groups in total. The molecule has 1 aliphatic heterocycles. The Morgan fingerprint density at radius 1 is 1.25 bits per heavy atom. The average Bonchev–Trinajstić information content (AvgIpc) is 2.81. The molecule has 1 aliphatic rings. The molecule has 0 aliphatic carbocycles. The first-order valence-corrected chi connectivity index (χ1v) is 6.72. The maximum atomic E-state index is 2.44. The Labute approximate surface area is 101 Å². The Morgan fingerprint density at radius 2 is 2.06 bits per heavy atom. The number of hydrogen-bond acceptors (Lipinski definition) is 2. The van der Waals surface area contributed by atoms with Crippen LogP contribution in [0.1, 0.15) is 17.7 Å². The molecule has 2 atom stereocenters. The lowest BCUT2D eigenvalue weighted by Gasteiger charge is -2.11. The Kier molecular flexibility index (Phi) is 2.49. The molecule has 0 spiro atoms. The van der Waals surface area contributed by atoms with Crippen LogP contribution in [0.15, 0.2) is 30.3 Å². The van der Waals surface area contributed by atoms with Gasteiger partial charge < -0.3 is 4.90 Å². The van der Waals surface area contributed by atoms with E-state index in [2.05, 4.69) is 49.2 Å². The second-order valence-electron chi connectivity index (χ2n) is 4.99. The topological polar surface area (TPSA) is 3.24 Å². The largest absolute Gasteiger partial charge is 0.305 e. The van der Waals surface area contributed by atoms with E-state index in [1.54, 1.807) is 4.88 Å². The fraction of sp³-hybridized carbons (Fsp3) is 0.429. The van der Waals surface area contributed by atoms with Gasteiger partial charge in [-0.05, 0) is 30.5 Å². The minimum atomic E-state index is 0.738. The highest BCUT2D eigenvalue weighted by Gasteiger charge is 2.29. The van der Waals surface area contributed by atoms with Gasteiger partial charge in [0.05, 0.1) is 0 Å². The lowest BCUT2D eigenvalue weighted by Crippen LogP contribution is -2.13. The molecule has 1 saturated heterocycles. The van der Waals surface area contributed by atoms with Crippen molar-refractivity contribution in [2.45, 2.75) is 12.8 Å². The molecule has 16 heavy (non-hydrogen) atoms. The van der Waals surface area contributed by atoms with Gasteiger partial charge in [0.1, 0.15) is 0 Å². The minimum absolute atomic E-state index is 0.738. The third kappa shape index (κ3) is 1.66. The summed E-state index contributed by atoms with van der Waals surface area (Å²) >= 11 is 1.97. The van der Waals surface area contributed by atoms with Gasteiger partial charge in [0.25, 0.3) is 0 Å². The van der Waals surface area contributed by atoms with Gasteiger partial charge in [-0.2, -0.15) is 0 Å². The predicted octanol–water partition coefficient (Wildman–Crippen LogP) is 3.57. The zero-order chi connectivity index (χ0) is 11.1. The van der Waals surface area contributed by atoms with Crippen LogP contribution in [0, 0.1) is 5.92 Å². The zero-order valence-electron chi connectivity index (χ0n) is 9.81. The Morgan fingerprint density at radius 3 is 2.75 bits per heavy atom. The van der Waals surface area contributed by atoms with Gasteiger partial charge in [0.15, 0.2) is 0 Å². The van der Waals surface area contributed by atoms with E-state index in [1.165, 1.54) is 23.2 Å².